The summed E-state index contributed by atoms with van der Waals surface area (Å²) in [5.41, 5.74) is -4.05. The van der Waals surface area contributed by atoms with Gasteiger partial charge in [0, 0.05) is 5.41 Å². The first-order valence-corrected chi connectivity index (χ1v) is 21.2. The second-order valence-corrected chi connectivity index (χ2v) is 20.5. The van der Waals surface area contributed by atoms with Crippen LogP contribution in [0.5, 0.6) is 0 Å². The molecule has 2 aliphatic heterocycles. The number of carboxylic acid groups (broad SMARTS) is 2. The van der Waals surface area contributed by atoms with Crippen molar-refractivity contribution in [3.8, 4) is 0 Å². The van der Waals surface area contributed by atoms with Crippen LogP contribution in [0.2, 0.25) is 0 Å². The molecule has 7 aliphatic rings. The number of hydrogen-bond acceptors (Lipinski definition) is 15. The molecule has 2 heterocycles. The molecule has 17 heteroatoms. The van der Waals surface area contributed by atoms with E-state index in [4.69, 9.17) is 18.9 Å². The molecular weight excluding hydrogens is 776 g/mol. The molecule has 5 aliphatic carbocycles. The molecule has 0 bridgehead atoms. The van der Waals surface area contributed by atoms with Gasteiger partial charge in [-0.2, -0.15) is 0 Å². The summed E-state index contributed by atoms with van der Waals surface area (Å²) in [4.78, 5) is 26.9. The minimum absolute atomic E-state index is 0.0607. The highest BCUT2D eigenvalue weighted by Gasteiger charge is 2.73. The van der Waals surface area contributed by atoms with Gasteiger partial charge in [-0.05, 0) is 98.7 Å². The summed E-state index contributed by atoms with van der Waals surface area (Å²) in [6.45, 7) is 8.18. The van der Waals surface area contributed by atoms with Crippen LogP contribution in [0.25, 0.3) is 0 Å². The summed E-state index contributed by atoms with van der Waals surface area (Å²) in [5, 5.41) is 119. The van der Waals surface area contributed by atoms with Gasteiger partial charge in [-0.3, -0.25) is 9.59 Å². The molecule has 20 atom stereocenters. The molecule has 0 aromatic heterocycles. The number of fused-ring (bicyclic) bond motifs is 7. The van der Waals surface area contributed by atoms with Gasteiger partial charge in [-0.15, -0.1) is 0 Å². The molecule has 11 N–H and O–H groups in total. The van der Waals surface area contributed by atoms with E-state index in [0.717, 1.165) is 12.0 Å². The summed E-state index contributed by atoms with van der Waals surface area (Å²) in [6, 6.07) is 0. The fraction of sp³-hybridized carbons (Fsp3) is 0.905. The SMILES string of the molecule is CC1(C)CCC2(C(=O)O)CCC3(CO)C(=CCC4C5(C)CC(O)C(OC6OC(CO)C(O)C(O)C6OC6OC(CO)C(O)C(O)C6O)C(C)(C(=O)O)C5CCC43C)C2C1. The van der Waals surface area contributed by atoms with E-state index >= 15 is 0 Å². The molecule has 0 amide bonds. The van der Waals surface area contributed by atoms with Crippen LogP contribution >= 0.6 is 0 Å². The Hall–Kier alpha value is -1.84. The van der Waals surface area contributed by atoms with Crippen LogP contribution in [0.15, 0.2) is 11.6 Å². The molecule has 7 rings (SSSR count). The van der Waals surface area contributed by atoms with Crippen molar-refractivity contribution in [1.29, 1.82) is 0 Å². The Bertz CT molecular complexity index is 1640. The van der Waals surface area contributed by atoms with Crippen LogP contribution in [0.3, 0.4) is 0 Å². The van der Waals surface area contributed by atoms with Gasteiger partial charge in [0.1, 0.15) is 54.9 Å². The Morgan fingerprint density at radius 2 is 1.32 bits per heavy atom. The van der Waals surface area contributed by atoms with Gasteiger partial charge in [0.05, 0.1) is 36.8 Å². The maximum absolute atomic E-state index is 13.8. The Balaban J connectivity index is 1.23. The summed E-state index contributed by atoms with van der Waals surface area (Å²) in [5.74, 6) is -3.21. The third kappa shape index (κ3) is 6.50. The number of carboxylic acids is 2. The first-order valence-electron chi connectivity index (χ1n) is 21.2. The molecule has 0 aromatic carbocycles. The first-order chi connectivity index (χ1) is 27.5. The third-order valence-corrected chi connectivity index (χ3v) is 17.3. The first kappa shape index (κ1) is 45.2. The zero-order chi connectivity index (χ0) is 43.4. The van der Waals surface area contributed by atoms with Crippen molar-refractivity contribution in [2.24, 2.45) is 50.2 Å². The monoisotopic (exact) mass is 842 g/mol. The average molecular weight is 843 g/mol. The van der Waals surface area contributed by atoms with Gasteiger partial charge in [0.2, 0.25) is 0 Å². The molecule has 0 aromatic rings. The van der Waals surface area contributed by atoms with E-state index < -0.39 is 132 Å². The largest absolute Gasteiger partial charge is 0.481 e. The molecule has 59 heavy (non-hydrogen) atoms. The van der Waals surface area contributed by atoms with Crippen molar-refractivity contribution in [2.75, 3.05) is 19.8 Å². The van der Waals surface area contributed by atoms with Crippen molar-refractivity contribution in [3.63, 3.8) is 0 Å². The quantitative estimate of drug-likeness (QED) is 0.107. The van der Waals surface area contributed by atoms with E-state index in [1.54, 1.807) is 0 Å². The lowest BCUT2D eigenvalue weighted by Gasteiger charge is -2.71. The van der Waals surface area contributed by atoms with Gasteiger partial charge >= 0.3 is 11.9 Å². The van der Waals surface area contributed by atoms with E-state index in [-0.39, 0.29) is 30.3 Å². The van der Waals surface area contributed by atoms with E-state index in [1.165, 1.54) is 6.92 Å². The van der Waals surface area contributed by atoms with Crippen LogP contribution in [-0.4, -0.2) is 162 Å². The Labute approximate surface area is 343 Å². The topological polar surface area (TPSA) is 294 Å². The van der Waals surface area contributed by atoms with Crippen LogP contribution in [-0.2, 0) is 28.5 Å². The van der Waals surface area contributed by atoms with E-state index in [0.29, 0.717) is 44.9 Å². The summed E-state index contributed by atoms with van der Waals surface area (Å²) >= 11 is 0. The number of rotatable bonds is 9. The molecular formula is C42H66O17. The second kappa shape index (κ2) is 15.5. The second-order valence-electron chi connectivity index (χ2n) is 20.5. The average Bonchev–Trinajstić information content (AvgIpc) is 3.18. The Morgan fingerprint density at radius 3 is 1.92 bits per heavy atom. The number of aliphatic hydroxyl groups excluding tert-OH is 9. The summed E-state index contributed by atoms with van der Waals surface area (Å²) in [6.07, 6.45) is -14.0. The van der Waals surface area contributed by atoms with Gasteiger partial charge in [-0.25, -0.2) is 0 Å². The van der Waals surface area contributed by atoms with Crippen molar-refractivity contribution < 1.29 is 84.7 Å². The van der Waals surface area contributed by atoms with Crippen LogP contribution in [0.4, 0.5) is 0 Å². The maximum atomic E-state index is 13.8. The number of aliphatic hydroxyl groups is 9. The normalized spacial score (nSPS) is 53.2. The number of carbonyl (C=O) groups is 2. The minimum atomic E-state index is -1.92. The molecule has 336 valence electrons. The van der Waals surface area contributed by atoms with Crippen molar-refractivity contribution in [3.05, 3.63) is 11.6 Å². The molecule has 17 nitrogen and oxygen atoms in total. The van der Waals surface area contributed by atoms with Gasteiger partial charge < -0.3 is 75.1 Å². The lowest BCUT2D eigenvalue weighted by atomic mass is 9.33. The van der Waals surface area contributed by atoms with Crippen molar-refractivity contribution in [1.82, 2.24) is 0 Å². The highest BCUT2D eigenvalue weighted by atomic mass is 16.8. The highest BCUT2D eigenvalue weighted by Crippen LogP contribution is 2.76. The Morgan fingerprint density at radius 1 is 0.712 bits per heavy atom. The van der Waals surface area contributed by atoms with E-state index in [2.05, 4.69) is 26.8 Å². The van der Waals surface area contributed by atoms with Gasteiger partial charge in [0.25, 0.3) is 0 Å². The zero-order valence-corrected chi connectivity index (χ0v) is 34.6. The summed E-state index contributed by atoms with van der Waals surface area (Å²) < 4.78 is 23.6. The van der Waals surface area contributed by atoms with Crippen LogP contribution in [0.1, 0.15) is 92.4 Å². The number of hydrogen-bond donors (Lipinski definition) is 11. The van der Waals surface area contributed by atoms with Crippen molar-refractivity contribution >= 4 is 11.9 Å². The standard InChI is InChI=1S/C42H66O17/c1-37(2)10-11-41(36(54)55)12-13-42(18-45)19(20(41)14-37)6-7-24-38(3)15-21(46)32(40(5,35(52)53)25(38)8-9-39(24,42)4)59-34-31(29(50)27(48)23(17-44)57-34)58-33-30(51)28(49)26(47)22(16-43)56-33/h6,20-34,43-51H,7-18H2,1-5H3,(H,52,53)(H,54,55). The molecule has 6 fully saturated rings. The van der Waals surface area contributed by atoms with Crippen molar-refractivity contribution in [2.45, 2.75) is 166 Å². The van der Waals surface area contributed by atoms with Crippen LogP contribution < -0.4 is 0 Å². The van der Waals surface area contributed by atoms with Gasteiger partial charge in [0.15, 0.2) is 12.6 Å². The van der Waals surface area contributed by atoms with E-state index in [9.17, 15) is 65.8 Å². The maximum Gasteiger partial charge on any atom is 0.312 e. The number of allylic oxidation sites excluding steroid dienone is 1. The fourth-order valence-corrected chi connectivity index (χ4v) is 13.9. The third-order valence-electron chi connectivity index (χ3n) is 17.3. The lowest BCUT2D eigenvalue weighted by Crippen LogP contribution is -2.71. The number of ether oxygens (including phenoxy) is 4. The molecule has 4 saturated carbocycles. The Kier molecular flexibility index (Phi) is 11.8. The van der Waals surface area contributed by atoms with E-state index in [1.807, 2.05) is 6.92 Å². The lowest BCUT2D eigenvalue weighted by molar-refractivity contribution is -0.382. The predicted molar refractivity (Wildman–Crippen MR) is 203 cm³/mol. The molecule has 0 radical (unpaired) electrons. The number of aliphatic carboxylic acids is 2. The highest BCUT2D eigenvalue weighted by molar-refractivity contribution is 5.77. The van der Waals surface area contributed by atoms with Crippen LogP contribution in [0, 0.1) is 50.2 Å². The zero-order valence-electron chi connectivity index (χ0n) is 34.6. The fourth-order valence-electron chi connectivity index (χ4n) is 13.9. The molecule has 20 unspecified atom stereocenters. The predicted octanol–water partition coefficient (Wildman–Crippen LogP) is -0.110. The minimum Gasteiger partial charge on any atom is -0.481 e. The summed E-state index contributed by atoms with van der Waals surface area (Å²) in [7, 11) is 0. The van der Waals surface area contributed by atoms with Gasteiger partial charge in [-0.1, -0.05) is 39.3 Å². The molecule has 0 spiro atoms. The molecule has 2 saturated heterocycles. The smallest absolute Gasteiger partial charge is 0.312 e.